The van der Waals surface area contributed by atoms with Gasteiger partial charge in [0.1, 0.15) is 0 Å². The number of pyridine rings is 1. The monoisotopic (exact) mass is 282 g/mol. The van der Waals surface area contributed by atoms with Gasteiger partial charge in [0.2, 0.25) is 10.0 Å². The summed E-state index contributed by atoms with van der Waals surface area (Å²) in [5.41, 5.74) is 1.47. The highest BCUT2D eigenvalue weighted by Crippen LogP contribution is 2.29. The fraction of sp³-hybridized carbons (Fsp3) is 0.583. The second-order valence-corrected chi connectivity index (χ2v) is 6.99. The van der Waals surface area contributed by atoms with E-state index in [0.29, 0.717) is 5.69 Å². The molecule has 2 aliphatic rings. The van der Waals surface area contributed by atoms with Crippen molar-refractivity contribution in [3.8, 4) is 0 Å². The lowest BCUT2D eigenvalue weighted by atomic mass is 10.1. The van der Waals surface area contributed by atoms with E-state index in [1.165, 1.54) is 0 Å². The largest absolute Gasteiger partial charge is 0.314 e. The number of aromatic nitrogens is 1. The van der Waals surface area contributed by atoms with E-state index in [9.17, 15) is 8.42 Å². The number of anilines is 1. The first-order valence-corrected chi connectivity index (χ1v) is 8.11. The molecule has 0 aromatic carbocycles. The molecule has 1 aliphatic heterocycles. The maximum absolute atomic E-state index is 11.9. The minimum absolute atomic E-state index is 0.138. The third-order valence-corrected chi connectivity index (χ3v) is 5.27. The van der Waals surface area contributed by atoms with Crippen LogP contribution in [0.5, 0.6) is 0 Å². The van der Waals surface area contributed by atoms with Crippen LogP contribution in [-0.4, -0.2) is 38.3 Å². The lowest BCUT2D eigenvalue weighted by molar-refractivity contribution is 0.423. The molecular weight excluding hydrogens is 264 g/mol. The first-order chi connectivity index (χ1) is 9.15. The Bertz CT molecular complexity index is 551. The van der Waals surface area contributed by atoms with E-state index in [-0.39, 0.29) is 11.3 Å². The van der Waals surface area contributed by atoms with Crippen molar-refractivity contribution >= 4 is 15.7 Å². The van der Waals surface area contributed by atoms with Crippen molar-refractivity contribution in [3.63, 3.8) is 0 Å². The Kier molecular flexibility index (Phi) is 3.42. The summed E-state index contributed by atoms with van der Waals surface area (Å²) < 4.78 is 26.4. The molecule has 1 aliphatic carbocycles. The second-order valence-electron chi connectivity index (χ2n) is 5.03. The van der Waals surface area contributed by atoms with Crippen LogP contribution in [0.25, 0.3) is 0 Å². The molecule has 1 saturated heterocycles. The average molecular weight is 282 g/mol. The van der Waals surface area contributed by atoms with Gasteiger partial charge in [-0.1, -0.05) is 0 Å². The zero-order valence-electron chi connectivity index (χ0n) is 10.6. The minimum atomic E-state index is -3.20. The van der Waals surface area contributed by atoms with Gasteiger partial charge in [-0.3, -0.25) is 9.71 Å². The Morgan fingerprint density at radius 2 is 2.16 bits per heavy atom. The van der Waals surface area contributed by atoms with Crippen LogP contribution < -0.4 is 15.4 Å². The first kappa shape index (κ1) is 12.8. The highest BCUT2D eigenvalue weighted by molar-refractivity contribution is 7.93. The quantitative estimate of drug-likeness (QED) is 0.736. The molecule has 1 saturated carbocycles. The van der Waals surface area contributed by atoms with E-state index in [1.54, 1.807) is 12.3 Å². The topological polar surface area (TPSA) is 83.1 Å². The molecule has 0 amide bonds. The Morgan fingerprint density at radius 1 is 1.32 bits per heavy atom. The first-order valence-electron chi connectivity index (χ1n) is 6.57. The number of nitrogens with one attached hydrogen (secondary N) is 3. The predicted molar refractivity (Wildman–Crippen MR) is 73.4 cm³/mol. The Hall–Kier alpha value is -1.18. The summed E-state index contributed by atoms with van der Waals surface area (Å²) in [6, 6.07) is 3.64. The Labute approximate surface area is 113 Å². The molecule has 7 heteroatoms. The Balaban J connectivity index is 1.75. The minimum Gasteiger partial charge on any atom is -0.314 e. The number of nitrogens with zero attached hydrogens (tertiary/aromatic N) is 1. The molecule has 1 unspecified atom stereocenters. The zero-order valence-corrected chi connectivity index (χ0v) is 11.4. The number of sulfonamides is 1. The number of hydrogen-bond donors (Lipinski definition) is 3. The molecule has 3 N–H and O–H groups in total. The summed E-state index contributed by atoms with van der Waals surface area (Å²) >= 11 is 0. The molecule has 0 bridgehead atoms. The van der Waals surface area contributed by atoms with Crippen LogP contribution in [0.4, 0.5) is 5.69 Å². The van der Waals surface area contributed by atoms with E-state index in [4.69, 9.17) is 0 Å². The van der Waals surface area contributed by atoms with Crippen molar-refractivity contribution in [1.29, 1.82) is 0 Å². The van der Waals surface area contributed by atoms with Crippen LogP contribution in [-0.2, 0) is 10.0 Å². The smallest absolute Gasteiger partial charge is 0.235 e. The molecule has 3 rings (SSSR count). The summed E-state index contributed by atoms with van der Waals surface area (Å²) in [5.74, 6) is 0. The molecule has 0 spiro atoms. The van der Waals surface area contributed by atoms with Crippen LogP contribution in [0.3, 0.4) is 0 Å². The van der Waals surface area contributed by atoms with Gasteiger partial charge in [-0.05, 0) is 25.0 Å². The SMILES string of the molecule is O=S(=O)(Nc1ccnc(C2CNCCN2)c1)C1CC1. The third-order valence-electron chi connectivity index (χ3n) is 3.40. The van der Waals surface area contributed by atoms with Crippen LogP contribution in [0, 0.1) is 0 Å². The summed E-state index contributed by atoms with van der Waals surface area (Å²) in [7, 11) is -3.20. The fourth-order valence-corrected chi connectivity index (χ4v) is 3.57. The van der Waals surface area contributed by atoms with Crippen LogP contribution in [0.15, 0.2) is 18.3 Å². The summed E-state index contributed by atoms with van der Waals surface area (Å²) in [4.78, 5) is 4.32. The van der Waals surface area contributed by atoms with Gasteiger partial charge >= 0.3 is 0 Å². The third kappa shape index (κ3) is 3.05. The molecular formula is C12H18N4O2S. The Morgan fingerprint density at radius 3 is 2.84 bits per heavy atom. The molecule has 1 aromatic rings. The lowest BCUT2D eigenvalue weighted by Gasteiger charge is -2.24. The highest BCUT2D eigenvalue weighted by Gasteiger charge is 2.35. The van der Waals surface area contributed by atoms with Gasteiger partial charge in [0.25, 0.3) is 0 Å². The number of hydrogen-bond acceptors (Lipinski definition) is 5. The summed E-state index contributed by atoms with van der Waals surface area (Å²) in [6.45, 7) is 2.65. The van der Waals surface area contributed by atoms with Crippen molar-refractivity contribution in [3.05, 3.63) is 24.0 Å². The molecule has 2 fully saturated rings. The second kappa shape index (κ2) is 5.07. The predicted octanol–water partition coefficient (Wildman–Crippen LogP) is 0.220. The fourth-order valence-electron chi connectivity index (χ4n) is 2.19. The molecule has 104 valence electrons. The maximum atomic E-state index is 11.9. The molecule has 0 radical (unpaired) electrons. The van der Waals surface area contributed by atoms with E-state index < -0.39 is 10.0 Å². The van der Waals surface area contributed by atoms with Crippen LogP contribution >= 0.6 is 0 Å². The van der Waals surface area contributed by atoms with Gasteiger partial charge in [-0.2, -0.15) is 0 Å². The summed E-state index contributed by atoms with van der Waals surface area (Å²) in [6.07, 6.45) is 3.18. The van der Waals surface area contributed by atoms with Crippen molar-refractivity contribution in [2.75, 3.05) is 24.4 Å². The summed E-state index contributed by atoms with van der Waals surface area (Å²) in [5, 5.41) is 6.44. The molecule has 19 heavy (non-hydrogen) atoms. The van der Waals surface area contributed by atoms with E-state index in [0.717, 1.165) is 38.2 Å². The maximum Gasteiger partial charge on any atom is 0.235 e. The van der Waals surface area contributed by atoms with Crippen molar-refractivity contribution in [2.45, 2.75) is 24.1 Å². The number of piperazine rings is 1. The van der Waals surface area contributed by atoms with E-state index >= 15 is 0 Å². The zero-order chi connectivity index (χ0) is 13.3. The van der Waals surface area contributed by atoms with Crippen molar-refractivity contribution in [2.24, 2.45) is 0 Å². The molecule has 6 nitrogen and oxygen atoms in total. The van der Waals surface area contributed by atoms with Gasteiger partial charge < -0.3 is 10.6 Å². The molecule has 1 atom stereocenters. The van der Waals surface area contributed by atoms with Crippen LogP contribution in [0.1, 0.15) is 24.6 Å². The normalized spacial score (nSPS) is 24.1. The van der Waals surface area contributed by atoms with E-state index in [2.05, 4.69) is 20.3 Å². The lowest BCUT2D eigenvalue weighted by Crippen LogP contribution is -2.42. The number of rotatable bonds is 4. The highest BCUT2D eigenvalue weighted by atomic mass is 32.2. The van der Waals surface area contributed by atoms with Crippen molar-refractivity contribution in [1.82, 2.24) is 15.6 Å². The van der Waals surface area contributed by atoms with Gasteiger partial charge in [0, 0.05) is 25.8 Å². The van der Waals surface area contributed by atoms with Crippen LogP contribution in [0.2, 0.25) is 0 Å². The van der Waals surface area contributed by atoms with Gasteiger partial charge in [0.05, 0.1) is 22.7 Å². The average Bonchev–Trinajstić information content (AvgIpc) is 3.24. The van der Waals surface area contributed by atoms with Crippen molar-refractivity contribution < 1.29 is 8.42 Å². The molecule has 2 heterocycles. The van der Waals surface area contributed by atoms with Gasteiger partial charge in [-0.25, -0.2) is 8.42 Å². The van der Waals surface area contributed by atoms with Gasteiger partial charge in [0.15, 0.2) is 0 Å². The van der Waals surface area contributed by atoms with Gasteiger partial charge in [-0.15, -0.1) is 0 Å². The molecule has 1 aromatic heterocycles. The van der Waals surface area contributed by atoms with E-state index in [1.807, 2.05) is 6.07 Å². The standard InChI is InChI=1S/C12H18N4O2S/c17-19(18,10-1-2-10)16-9-3-4-14-11(7-9)12-8-13-5-6-15-12/h3-4,7,10,12-13,15H,1-2,5-6,8H2,(H,14,16).